The molecule has 0 atom stereocenters. The molecule has 1 aromatic rings. The summed E-state index contributed by atoms with van der Waals surface area (Å²) in [4.78, 5) is 0.852. The highest BCUT2D eigenvalue weighted by molar-refractivity contribution is 7.80. The predicted octanol–water partition coefficient (Wildman–Crippen LogP) is 1.84. The normalized spacial score (nSPS) is 8.40. The monoisotopic (exact) mass is 151 g/mol. The second kappa shape index (κ2) is 3.14. The SMILES string of the molecule is N#COc1ccc(S)cc1. The van der Waals surface area contributed by atoms with Crippen LogP contribution in [0.5, 0.6) is 5.75 Å². The van der Waals surface area contributed by atoms with E-state index in [0.717, 1.165) is 4.90 Å². The number of ether oxygens (including phenoxy) is 1. The van der Waals surface area contributed by atoms with Crippen molar-refractivity contribution in [1.29, 1.82) is 5.26 Å². The van der Waals surface area contributed by atoms with Crippen molar-refractivity contribution < 1.29 is 4.74 Å². The molecule has 0 aliphatic carbocycles. The minimum absolute atomic E-state index is 0.542. The van der Waals surface area contributed by atoms with Gasteiger partial charge in [-0.2, -0.15) is 0 Å². The molecule has 0 spiro atoms. The van der Waals surface area contributed by atoms with E-state index in [9.17, 15) is 0 Å². The minimum atomic E-state index is 0.542. The highest BCUT2D eigenvalue weighted by Crippen LogP contribution is 2.13. The fourth-order valence-corrected chi connectivity index (χ4v) is 0.716. The second-order valence-electron chi connectivity index (χ2n) is 1.69. The summed E-state index contributed by atoms with van der Waals surface area (Å²) < 4.78 is 4.53. The zero-order chi connectivity index (χ0) is 7.40. The smallest absolute Gasteiger partial charge is 0.292 e. The van der Waals surface area contributed by atoms with Gasteiger partial charge in [0.25, 0.3) is 6.26 Å². The van der Waals surface area contributed by atoms with Gasteiger partial charge < -0.3 is 4.74 Å². The number of nitrogens with zero attached hydrogens (tertiary/aromatic N) is 1. The molecule has 3 heteroatoms. The fraction of sp³-hybridized carbons (Fsp3) is 0. The molecule has 50 valence electrons. The van der Waals surface area contributed by atoms with Gasteiger partial charge in [-0.3, -0.25) is 0 Å². The fourth-order valence-electron chi connectivity index (χ4n) is 0.567. The van der Waals surface area contributed by atoms with Gasteiger partial charge in [0.2, 0.25) is 0 Å². The van der Waals surface area contributed by atoms with Gasteiger partial charge in [-0.25, -0.2) is 0 Å². The number of hydrogen-bond donors (Lipinski definition) is 1. The Kier molecular flexibility index (Phi) is 2.19. The highest BCUT2D eigenvalue weighted by Gasteiger charge is 1.89. The van der Waals surface area contributed by atoms with E-state index < -0.39 is 0 Å². The first-order valence-corrected chi connectivity index (χ1v) is 3.12. The lowest BCUT2D eigenvalue weighted by molar-refractivity contribution is 0.507. The lowest BCUT2D eigenvalue weighted by atomic mass is 10.3. The van der Waals surface area contributed by atoms with Crippen LogP contribution >= 0.6 is 12.6 Å². The molecule has 10 heavy (non-hydrogen) atoms. The molecule has 0 aromatic heterocycles. The van der Waals surface area contributed by atoms with Crippen LogP contribution in [0.15, 0.2) is 29.2 Å². The summed E-state index contributed by atoms with van der Waals surface area (Å²) in [7, 11) is 0. The Hall–Kier alpha value is -1.14. The molecule has 0 unspecified atom stereocenters. The molecule has 0 aliphatic heterocycles. The molecule has 1 rings (SSSR count). The standard InChI is InChI=1S/C7H5NOS/c8-5-9-6-1-3-7(10)4-2-6/h1-4,10H. The van der Waals surface area contributed by atoms with Crippen LogP contribution in [0.4, 0.5) is 0 Å². The number of rotatable bonds is 1. The van der Waals surface area contributed by atoms with Gasteiger partial charge in [-0.1, -0.05) is 0 Å². The van der Waals surface area contributed by atoms with E-state index in [-0.39, 0.29) is 0 Å². The van der Waals surface area contributed by atoms with Crippen LogP contribution < -0.4 is 4.74 Å². The van der Waals surface area contributed by atoms with Gasteiger partial charge in [-0.05, 0) is 24.3 Å². The first kappa shape index (κ1) is 6.97. The van der Waals surface area contributed by atoms with Crippen molar-refractivity contribution in [3.8, 4) is 12.0 Å². The molecular formula is C7H5NOS. The van der Waals surface area contributed by atoms with Gasteiger partial charge in [0.05, 0.1) is 0 Å². The zero-order valence-electron chi connectivity index (χ0n) is 5.11. The third kappa shape index (κ3) is 1.67. The van der Waals surface area contributed by atoms with Crippen LogP contribution in [-0.4, -0.2) is 0 Å². The lowest BCUT2D eigenvalue weighted by Gasteiger charge is -1.93. The third-order valence-corrected chi connectivity index (χ3v) is 1.30. The maximum atomic E-state index is 8.10. The van der Waals surface area contributed by atoms with E-state index in [2.05, 4.69) is 17.4 Å². The number of nitriles is 1. The van der Waals surface area contributed by atoms with Gasteiger partial charge >= 0.3 is 0 Å². The van der Waals surface area contributed by atoms with Crippen LogP contribution in [0.2, 0.25) is 0 Å². The molecule has 0 heterocycles. The second-order valence-corrected chi connectivity index (χ2v) is 2.20. The van der Waals surface area contributed by atoms with Crippen molar-refractivity contribution in [1.82, 2.24) is 0 Å². The molecule has 0 saturated carbocycles. The Morgan fingerprint density at radius 1 is 1.30 bits per heavy atom. The van der Waals surface area contributed by atoms with Gasteiger partial charge in [0.15, 0.2) is 0 Å². The van der Waals surface area contributed by atoms with Crippen LogP contribution in [0.1, 0.15) is 0 Å². The van der Waals surface area contributed by atoms with Crippen molar-refractivity contribution in [2.75, 3.05) is 0 Å². The Bertz CT molecular complexity index is 249. The Balaban J connectivity index is 2.81. The first-order valence-electron chi connectivity index (χ1n) is 2.68. The van der Waals surface area contributed by atoms with Crippen molar-refractivity contribution in [3.63, 3.8) is 0 Å². The summed E-state index contributed by atoms with van der Waals surface area (Å²) in [6.45, 7) is 0. The van der Waals surface area contributed by atoms with Crippen molar-refractivity contribution in [2.45, 2.75) is 4.90 Å². The quantitative estimate of drug-likeness (QED) is 0.490. The van der Waals surface area contributed by atoms with E-state index in [1.807, 2.05) is 0 Å². The van der Waals surface area contributed by atoms with Crippen molar-refractivity contribution >= 4 is 12.6 Å². The maximum absolute atomic E-state index is 8.10. The van der Waals surface area contributed by atoms with E-state index in [1.54, 1.807) is 30.5 Å². The molecule has 0 aliphatic rings. The van der Waals surface area contributed by atoms with Crippen molar-refractivity contribution in [2.24, 2.45) is 0 Å². The van der Waals surface area contributed by atoms with Crippen LogP contribution in [-0.2, 0) is 0 Å². The number of benzene rings is 1. The van der Waals surface area contributed by atoms with E-state index in [1.165, 1.54) is 0 Å². The molecule has 0 N–H and O–H groups in total. The number of hydrogen-bond acceptors (Lipinski definition) is 3. The summed E-state index contributed by atoms with van der Waals surface area (Å²) in [5.74, 6) is 0.542. The highest BCUT2D eigenvalue weighted by atomic mass is 32.1. The van der Waals surface area contributed by atoms with Gasteiger partial charge in [-0.15, -0.1) is 17.9 Å². The van der Waals surface area contributed by atoms with E-state index in [4.69, 9.17) is 5.26 Å². The van der Waals surface area contributed by atoms with Crippen LogP contribution in [0.3, 0.4) is 0 Å². The molecule has 0 radical (unpaired) electrons. The molecule has 0 amide bonds. The third-order valence-electron chi connectivity index (χ3n) is 1.00. The molecule has 2 nitrogen and oxygen atoms in total. The topological polar surface area (TPSA) is 33.0 Å². The van der Waals surface area contributed by atoms with Crippen LogP contribution in [0, 0.1) is 11.5 Å². The van der Waals surface area contributed by atoms with Gasteiger partial charge in [0, 0.05) is 4.90 Å². The maximum Gasteiger partial charge on any atom is 0.292 e. The number of thiol groups is 1. The van der Waals surface area contributed by atoms with Crippen molar-refractivity contribution in [3.05, 3.63) is 24.3 Å². The molecule has 1 aromatic carbocycles. The first-order chi connectivity index (χ1) is 4.83. The molecule has 0 bridgehead atoms. The molecular weight excluding hydrogens is 146 g/mol. The summed E-state index contributed by atoms with van der Waals surface area (Å²) in [5, 5.41) is 8.10. The van der Waals surface area contributed by atoms with E-state index in [0.29, 0.717) is 5.75 Å². The Morgan fingerprint density at radius 2 is 1.90 bits per heavy atom. The summed E-state index contributed by atoms with van der Waals surface area (Å²) in [6, 6.07) is 6.89. The van der Waals surface area contributed by atoms with Crippen LogP contribution in [0.25, 0.3) is 0 Å². The average Bonchev–Trinajstić information content (AvgIpc) is 1.95. The Labute approximate surface area is 64.5 Å². The van der Waals surface area contributed by atoms with E-state index >= 15 is 0 Å². The minimum Gasteiger partial charge on any atom is -0.388 e. The zero-order valence-corrected chi connectivity index (χ0v) is 6.01. The summed E-state index contributed by atoms with van der Waals surface area (Å²) in [5.41, 5.74) is 0. The predicted molar refractivity (Wildman–Crippen MR) is 39.9 cm³/mol. The largest absolute Gasteiger partial charge is 0.388 e. The average molecular weight is 151 g/mol. The molecule has 0 saturated heterocycles. The summed E-state index contributed by atoms with van der Waals surface area (Å²) >= 11 is 4.06. The Morgan fingerprint density at radius 3 is 2.40 bits per heavy atom. The lowest BCUT2D eigenvalue weighted by Crippen LogP contribution is -1.79. The molecule has 0 fully saturated rings. The van der Waals surface area contributed by atoms with Gasteiger partial charge in [0.1, 0.15) is 5.75 Å². The summed E-state index contributed by atoms with van der Waals surface area (Å²) in [6.07, 6.45) is 1.58.